The van der Waals surface area contributed by atoms with Crippen LogP contribution in [0.4, 0.5) is 0 Å². The number of rotatable bonds is 43. The Morgan fingerprint density at radius 2 is 1.10 bits per heavy atom. The van der Waals surface area contributed by atoms with Crippen molar-refractivity contribution in [1.82, 2.24) is 0 Å². The second-order valence-corrected chi connectivity index (χ2v) is 18.1. The highest BCUT2D eigenvalue weighted by molar-refractivity contribution is 7.80. The molecule has 4 N–H and O–H groups in total. The van der Waals surface area contributed by atoms with Gasteiger partial charge in [-0.2, -0.15) is 8.42 Å². The summed E-state index contributed by atoms with van der Waals surface area (Å²) in [6.07, 6.45) is 41.4. The smallest absolute Gasteiger partial charge is 0.397 e. The van der Waals surface area contributed by atoms with Crippen LogP contribution in [0.3, 0.4) is 0 Å². The molecule has 0 aromatic heterocycles. The summed E-state index contributed by atoms with van der Waals surface area (Å²) >= 11 is 0. The SMILES string of the molecule is CC/C=C\C/C=C\C/C=C\C/C=C\CCCCCCCCCOCC(COC1OC(CO)C(O)C(OS(=O)(=O)O)C1O)OC(=O)CCCCCCCCCCCCCCCCCC. The van der Waals surface area contributed by atoms with Crippen molar-refractivity contribution < 1.29 is 56.2 Å². The lowest BCUT2D eigenvalue weighted by atomic mass is 9.99. The number of carbonyl (C=O) groups excluding carboxylic acids is 1. The number of hydrogen-bond donors (Lipinski definition) is 4. The summed E-state index contributed by atoms with van der Waals surface area (Å²) in [7, 11) is -5.07. The molecule has 1 aliphatic rings. The Bertz CT molecular complexity index is 1290. The predicted octanol–water partition coefficient (Wildman–Crippen LogP) is 11.1. The van der Waals surface area contributed by atoms with Crippen LogP contribution >= 0.6 is 0 Å². The van der Waals surface area contributed by atoms with Gasteiger partial charge < -0.3 is 34.3 Å². The van der Waals surface area contributed by atoms with Crippen molar-refractivity contribution in [2.45, 2.75) is 237 Å². The lowest BCUT2D eigenvalue weighted by Gasteiger charge is -2.41. The second-order valence-electron chi connectivity index (χ2n) is 17.0. The molecular weight excluding hydrogens is 825 g/mol. The molecule has 12 nitrogen and oxygen atoms in total. The first-order valence-corrected chi connectivity index (χ1v) is 26.3. The van der Waals surface area contributed by atoms with Crippen LogP contribution in [0.2, 0.25) is 0 Å². The van der Waals surface area contributed by atoms with Gasteiger partial charge in [0.15, 0.2) is 6.29 Å². The third-order valence-electron chi connectivity index (χ3n) is 11.2. The number of allylic oxidation sites excluding steroid dienone is 8. The van der Waals surface area contributed by atoms with Gasteiger partial charge >= 0.3 is 16.4 Å². The summed E-state index contributed by atoms with van der Waals surface area (Å²) in [5, 5.41) is 30.7. The zero-order valence-corrected chi connectivity index (χ0v) is 40.2. The van der Waals surface area contributed by atoms with Gasteiger partial charge in [-0.15, -0.1) is 0 Å². The molecule has 1 aliphatic heterocycles. The van der Waals surface area contributed by atoms with Gasteiger partial charge in [0.25, 0.3) is 0 Å². The molecule has 1 rings (SSSR count). The molecule has 1 heterocycles. The average Bonchev–Trinajstić information content (AvgIpc) is 3.26. The summed E-state index contributed by atoms with van der Waals surface area (Å²) in [4.78, 5) is 12.9. The topological polar surface area (TPSA) is 178 Å². The van der Waals surface area contributed by atoms with Crippen LogP contribution in [0, 0.1) is 0 Å². The summed E-state index contributed by atoms with van der Waals surface area (Å²) in [5.41, 5.74) is 0. The maximum absolute atomic E-state index is 12.9. The largest absolute Gasteiger partial charge is 0.457 e. The van der Waals surface area contributed by atoms with Gasteiger partial charge in [-0.25, -0.2) is 4.18 Å². The van der Waals surface area contributed by atoms with Crippen molar-refractivity contribution in [1.29, 1.82) is 0 Å². The number of hydrogen-bond acceptors (Lipinski definition) is 11. The van der Waals surface area contributed by atoms with Crippen molar-refractivity contribution in [2.24, 2.45) is 0 Å². The molecule has 0 aromatic rings. The van der Waals surface area contributed by atoms with Crippen LogP contribution in [-0.4, -0.2) is 97.5 Å². The van der Waals surface area contributed by atoms with Crippen LogP contribution in [0.5, 0.6) is 0 Å². The summed E-state index contributed by atoms with van der Waals surface area (Å²) in [6.45, 7) is 3.87. The van der Waals surface area contributed by atoms with Crippen LogP contribution in [0.1, 0.15) is 200 Å². The monoisotopic (exact) mass is 915 g/mol. The van der Waals surface area contributed by atoms with E-state index in [9.17, 15) is 33.1 Å². The number of esters is 1. The van der Waals surface area contributed by atoms with Gasteiger partial charge in [0, 0.05) is 13.0 Å². The van der Waals surface area contributed by atoms with E-state index in [1.54, 1.807) is 0 Å². The Balaban J connectivity index is 2.38. The molecule has 6 atom stereocenters. The first-order valence-electron chi connectivity index (χ1n) is 24.9. The van der Waals surface area contributed by atoms with Crippen molar-refractivity contribution in [2.75, 3.05) is 26.4 Å². The zero-order chi connectivity index (χ0) is 46.1. The highest BCUT2D eigenvalue weighted by Gasteiger charge is 2.48. The van der Waals surface area contributed by atoms with E-state index in [0.717, 1.165) is 77.0 Å². The Kier molecular flexibility index (Phi) is 38.9. The maximum atomic E-state index is 12.9. The lowest BCUT2D eigenvalue weighted by Crippen LogP contribution is -2.60. The van der Waals surface area contributed by atoms with E-state index in [0.29, 0.717) is 13.0 Å². The molecule has 0 bridgehead atoms. The minimum absolute atomic E-state index is 0.0296. The van der Waals surface area contributed by atoms with E-state index < -0.39 is 59.8 Å². The molecule has 0 aliphatic carbocycles. The first-order chi connectivity index (χ1) is 30.6. The molecule has 1 fully saturated rings. The van der Waals surface area contributed by atoms with Crippen molar-refractivity contribution in [3.63, 3.8) is 0 Å². The summed E-state index contributed by atoms with van der Waals surface area (Å²) in [6, 6.07) is 0. The normalized spacial score (nSPS) is 20.3. The molecule has 1 saturated heterocycles. The van der Waals surface area contributed by atoms with Crippen LogP contribution in [0.15, 0.2) is 48.6 Å². The molecule has 63 heavy (non-hydrogen) atoms. The van der Waals surface area contributed by atoms with Gasteiger partial charge in [0.1, 0.15) is 30.5 Å². The third-order valence-corrected chi connectivity index (χ3v) is 11.7. The van der Waals surface area contributed by atoms with E-state index >= 15 is 0 Å². The fraction of sp³-hybridized carbons (Fsp3) is 0.820. The lowest BCUT2D eigenvalue weighted by molar-refractivity contribution is -0.301. The van der Waals surface area contributed by atoms with Gasteiger partial charge in [-0.05, 0) is 51.4 Å². The van der Waals surface area contributed by atoms with Crippen LogP contribution < -0.4 is 0 Å². The molecule has 6 unspecified atom stereocenters. The number of aliphatic hydroxyl groups is 3. The average molecular weight is 915 g/mol. The van der Waals surface area contributed by atoms with Crippen molar-refractivity contribution in [3.8, 4) is 0 Å². The number of unbranched alkanes of at least 4 members (excludes halogenated alkanes) is 22. The molecule has 368 valence electrons. The highest BCUT2D eigenvalue weighted by atomic mass is 32.3. The fourth-order valence-electron chi connectivity index (χ4n) is 7.49. The highest BCUT2D eigenvalue weighted by Crippen LogP contribution is 2.26. The van der Waals surface area contributed by atoms with Gasteiger partial charge in [-0.3, -0.25) is 9.35 Å². The van der Waals surface area contributed by atoms with Gasteiger partial charge in [0.05, 0.1) is 19.8 Å². The molecule has 13 heteroatoms. The summed E-state index contributed by atoms with van der Waals surface area (Å²) in [5.74, 6) is -0.402. The molecular formula is C50H90O12S. The third kappa shape index (κ3) is 35.0. The minimum Gasteiger partial charge on any atom is -0.457 e. The Hall–Kier alpha value is -1.94. The number of carbonyl (C=O) groups is 1. The van der Waals surface area contributed by atoms with E-state index in [1.807, 2.05) is 0 Å². The van der Waals surface area contributed by atoms with Crippen molar-refractivity contribution >= 4 is 16.4 Å². The number of ether oxygens (including phenoxy) is 4. The first kappa shape index (κ1) is 59.1. The number of aliphatic hydroxyl groups excluding tert-OH is 3. The van der Waals surface area contributed by atoms with Crippen LogP contribution in [0.25, 0.3) is 0 Å². The van der Waals surface area contributed by atoms with Crippen LogP contribution in [-0.2, 0) is 38.3 Å². The summed E-state index contributed by atoms with van der Waals surface area (Å²) < 4.78 is 59.2. The molecule has 0 radical (unpaired) electrons. The van der Waals surface area contributed by atoms with E-state index in [2.05, 4.69) is 66.6 Å². The fourth-order valence-corrected chi connectivity index (χ4v) is 8.00. The quantitative estimate of drug-likeness (QED) is 0.0197. The van der Waals surface area contributed by atoms with Crippen molar-refractivity contribution in [3.05, 3.63) is 48.6 Å². The molecule has 0 aromatic carbocycles. The standard InChI is InChI=1S/C50H90O12S/c1-3-5-7-9-11-13-15-17-19-21-22-23-24-26-28-30-32-34-36-38-40-58-42-44(43-59-50-48(54)49(62-63(55,56)57)47(53)45(41-51)61-50)60-46(52)39-37-35-33-31-29-27-25-20-18-16-14-12-10-8-6-4-2/h5,7,11,13,17,19,22-23,44-45,47-51,53-54H,3-4,6,8-10,12,14-16,18,20-21,24-43H2,1-2H3,(H,55,56,57)/b7-5-,13-11-,19-17-,23-22-. The Labute approximate surface area is 383 Å². The van der Waals surface area contributed by atoms with E-state index in [-0.39, 0.29) is 19.6 Å². The Morgan fingerprint density at radius 3 is 1.60 bits per heavy atom. The molecule has 0 saturated carbocycles. The van der Waals surface area contributed by atoms with Gasteiger partial charge in [-0.1, -0.05) is 191 Å². The molecule has 0 amide bonds. The van der Waals surface area contributed by atoms with E-state index in [4.69, 9.17) is 18.9 Å². The maximum Gasteiger partial charge on any atom is 0.397 e. The minimum atomic E-state index is -5.07. The molecule has 0 spiro atoms. The zero-order valence-electron chi connectivity index (χ0n) is 39.4. The Morgan fingerprint density at radius 1 is 0.619 bits per heavy atom. The second kappa shape index (κ2) is 41.5. The van der Waals surface area contributed by atoms with Gasteiger partial charge in [0.2, 0.25) is 0 Å². The van der Waals surface area contributed by atoms with E-state index in [1.165, 1.54) is 96.3 Å². The predicted molar refractivity (Wildman–Crippen MR) is 253 cm³/mol.